The summed E-state index contributed by atoms with van der Waals surface area (Å²) >= 11 is 3.51. The molecule has 1 heterocycles. The Hall–Kier alpha value is -1.39. The molecule has 0 unspecified atom stereocenters. The minimum Gasteiger partial charge on any atom is -0.355 e. The van der Waals surface area contributed by atoms with Crippen LogP contribution < -0.4 is 10.6 Å². The molecule has 2 N–H and O–H groups in total. The molecule has 0 aliphatic heterocycles. The Kier molecular flexibility index (Phi) is 4.78. The number of aromatic nitrogens is 1. The Morgan fingerprint density at radius 3 is 2.65 bits per heavy atom. The fraction of sp³-hybridized carbons (Fsp3) is 0.312. The van der Waals surface area contributed by atoms with E-state index >= 15 is 0 Å². The van der Waals surface area contributed by atoms with E-state index in [1.54, 1.807) is 0 Å². The van der Waals surface area contributed by atoms with Gasteiger partial charge in [-0.25, -0.2) is 4.98 Å². The summed E-state index contributed by atoms with van der Waals surface area (Å²) in [5.41, 5.74) is 10.5. The van der Waals surface area contributed by atoms with Crippen molar-refractivity contribution in [3.8, 4) is 0 Å². The largest absolute Gasteiger partial charge is 0.355 e. The lowest BCUT2D eigenvalue weighted by molar-refractivity contribution is 0.864. The quantitative estimate of drug-likeness (QED) is 0.930. The summed E-state index contributed by atoms with van der Waals surface area (Å²) in [7, 11) is 2.06. The van der Waals surface area contributed by atoms with Crippen molar-refractivity contribution in [1.82, 2.24) is 4.98 Å². The van der Waals surface area contributed by atoms with E-state index < -0.39 is 0 Å². The van der Waals surface area contributed by atoms with Crippen LogP contribution in [0.15, 0.2) is 34.8 Å². The summed E-state index contributed by atoms with van der Waals surface area (Å²) in [6, 6.07) is 10.4. The highest BCUT2D eigenvalue weighted by Crippen LogP contribution is 2.23. The van der Waals surface area contributed by atoms with Gasteiger partial charge >= 0.3 is 0 Å². The molecule has 3 nitrogen and oxygen atoms in total. The number of anilines is 1. The van der Waals surface area contributed by atoms with Crippen LogP contribution in [0.1, 0.15) is 22.4 Å². The maximum absolute atomic E-state index is 5.88. The highest BCUT2D eigenvalue weighted by Gasteiger charge is 2.12. The van der Waals surface area contributed by atoms with Crippen molar-refractivity contribution in [3.05, 3.63) is 57.2 Å². The van der Waals surface area contributed by atoms with E-state index in [2.05, 4.69) is 58.0 Å². The predicted octanol–water partition coefficient (Wildman–Crippen LogP) is 3.56. The van der Waals surface area contributed by atoms with Gasteiger partial charge < -0.3 is 10.6 Å². The van der Waals surface area contributed by atoms with Crippen molar-refractivity contribution in [2.45, 2.75) is 26.9 Å². The van der Waals surface area contributed by atoms with Crippen LogP contribution >= 0.6 is 15.9 Å². The molecule has 20 heavy (non-hydrogen) atoms. The smallest absolute Gasteiger partial charge is 0.133 e. The fourth-order valence-corrected chi connectivity index (χ4v) is 2.84. The standard InChI is InChI=1S/C16H20BrN3/c1-11-7-12(2)19-16(15(11)9-18)20(3)10-13-5-4-6-14(17)8-13/h4-8H,9-10,18H2,1-3H3. The number of hydrogen-bond acceptors (Lipinski definition) is 3. The summed E-state index contributed by atoms with van der Waals surface area (Å²) in [5, 5.41) is 0. The second-order valence-electron chi connectivity index (χ2n) is 5.07. The molecule has 0 aliphatic rings. The van der Waals surface area contributed by atoms with Gasteiger partial charge in [-0.1, -0.05) is 28.1 Å². The number of benzene rings is 1. The van der Waals surface area contributed by atoms with Gasteiger partial charge in [-0.15, -0.1) is 0 Å². The zero-order valence-corrected chi connectivity index (χ0v) is 13.7. The van der Waals surface area contributed by atoms with Crippen LogP contribution in [0.25, 0.3) is 0 Å². The molecule has 2 aromatic rings. The molecule has 0 spiro atoms. The predicted molar refractivity (Wildman–Crippen MR) is 87.9 cm³/mol. The van der Waals surface area contributed by atoms with E-state index in [0.717, 1.165) is 28.1 Å². The topological polar surface area (TPSA) is 42.1 Å². The van der Waals surface area contributed by atoms with Gasteiger partial charge in [0.1, 0.15) is 5.82 Å². The molecule has 0 saturated heterocycles. The molecular formula is C16H20BrN3. The van der Waals surface area contributed by atoms with Crippen molar-refractivity contribution >= 4 is 21.7 Å². The van der Waals surface area contributed by atoms with Gasteiger partial charge in [0.15, 0.2) is 0 Å². The van der Waals surface area contributed by atoms with Gasteiger partial charge in [-0.05, 0) is 43.2 Å². The molecule has 0 saturated carbocycles. The first kappa shape index (κ1) is 15.0. The van der Waals surface area contributed by atoms with E-state index in [9.17, 15) is 0 Å². The van der Waals surface area contributed by atoms with Crippen LogP contribution in [0, 0.1) is 13.8 Å². The molecule has 1 aromatic carbocycles. The number of rotatable bonds is 4. The lowest BCUT2D eigenvalue weighted by Gasteiger charge is -2.23. The van der Waals surface area contributed by atoms with Crippen molar-refractivity contribution in [2.24, 2.45) is 5.73 Å². The molecule has 1 aromatic heterocycles. The number of pyridine rings is 1. The molecular weight excluding hydrogens is 314 g/mol. The second kappa shape index (κ2) is 6.37. The molecule has 0 fully saturated rings. The fourth-order valence-electron chi connectivity index (χ4n) is 2.40. The Morgan fingerprint density at radius 2 is 2.00 bits per heavy atom. The summed E-state index contributed by atoms with van der Waals surface area (Å²) in [6.45, 7) is 5.43. The molecule has 2 rings (SSSR count). The number of halogens is 1. The summed E-state index contributed by atoms with van der Waals surface area (Å²) < 4.78 is 1.09. The Bertz CT molecular complexity index is 611. The van der Waals surface area contributed by atoms with Crippen molar-refractivity contribution in [3.63, 3.8) is 0 Å². The average molecular weight is 334 g/mol. The number of nitrogens with two attached hydrogens (primary N) is 1. The Morgan fingerprint density at radius 1 is 1.25 bits per heavy atom. The van der Waals surface area contributed by atoms with Crippen molar-refractivity contribution < 1.29 is 0 Å². The first-order valence-corrected chi connectivity index (χ1v) is 7.43. The monoisotopic (exact) mass is 333 g/mol. The normalized spacial score (nSPS) is 10.7. The highest BCUT2D eigenvalue weighted by atomic mass is 79.9. The zero-order chi connectivity index (χ0) is 14.7. The van der Waals surface area contributed by atoms with Crippen molar-refractivity contribution in [1.29, 1.82) is 0 Å². The SMILES string of the molecule is Cc1cc(C)c(CN)c(N(C)Cc2cccc(Br)c2)n1. The summed E-state index contributed by atoms with van der Waals surface area (Å²) in [4.78, 5) is 6.81. The molecule has 4 heteroatoms. The minimum atomic E-state index is 0.511. The number of nitrogens with zero attached hydrogens (tertiary/aromatic N) is 2. The molecule has 0 atom stereocenters. The van der Waals surface area contributed by atoms with Crippen LogP contribution in [0.2, 0.25) is 0 Å². The minimum absolute atomic E-state index is 0.511. The zero-order valence-electron chi connectivity index (χ0n) is 12.2. The Labute approximate surface area is 129 Å². The second-order valence-corrected chi connectivity index (χ2v) is 5.99. The first-order valence-electron chi connectivity index (χ1n) is 6.64. The highest BCUT2D eigenvalue weighted by molar-refractivity contribution is 9.10. The van der Waals surface area contributed by atoms with Gasteiger partial charge in [0.05, 0.1) is 0 Å². The van der Waals surface area contributed by atoms with Gasteiger partial charge in [-0.2, -0.15) is 0 Å². The summed E-state index contributed by atoms with van der Waals surface area (Å²) in [5.74, 6) is 0.977. The van der Waals surface area contributed by atoms with Crippen LogP contribution in [0.4, 0.5) is 5.82 Å². The Balaban J connectivity index is 2.31. The third kappa shape index (κ3) is 3.38. The third-order valence-electron chi connectivity index (χ3n) is 3.33. The van der Waals surface area contributed by atoms with E-state index in [0.29, 0.717) is 6.54 Å². The van der Waals surface area contributed by atoms with Gasteiger partial charge in [0.2, 0.25) is 0 Å². The van der Waals surface area contributed by atoms with E-state index in [1.807, 2.05) is 19.1 Å². The average Bonchev–Trinajstić information content (AvgIpc) is 2.37. The number of aryl methyl sites for hydroxylation is 2. The molecule has 0 amide bonds. The van der Waals surface area contributed by atoms with E-state index in [1.165, 1.54) is 11.1 Å². The van der Waals surface area contributed by atoms with Crippen LogP contribution in [-0.2, 0) is 13.1 Å². The van der Waals surface area contributed by atoms with Gasteiger partial charge in [0, 0.05) is 35.9 Å². The van der Waals surface area contributed by atoms with E-state index in [4.69, 9.17) is 5.73 Å². The first-order chi connectivity index (χ1) is 9.51. The molecule has 0 bridgehead atoms. The van der Waals surface area contributed by atoms with Crippen molar-refractivity contribution in [2.75, 3.05) is 11.9 Å². The van der Waals surface area contributed by atoms with Crippen LogP contribution in [-0.4, -0.2) is 12.0 Å². The van der Waals surface area contributed by atoms with Gasteiger partial charge in [-0.3, -0.25) is 0 Å². The van der Waals surface area contributed by atoms with Gasteiger partial charge in [0.25, 0.3) is 0 Å². The molecule has 0 aliphatic carbocycles. The summed E-state index contributed by atoms with van der Waals surface area (Å²) in [6.07, 6.45) is 0. The maximum atomic E-state index is 5.88. The third-order valence-corrected chi connectivity index (χ3v) is 3.82. The molecule has 106 valence electrons. The lowest BCUT2D eigenvalue weighted by atomic mass is 10.1. The van der Waals surface area contributed by atoms with Crippen LogP contribution in [0.3, 0.4) is 0 Å². The number of hydrogen-bond donors (Lipinski definition) is 1. The lowest BCUT2D eigenvalue weighted by Crippen LogP contribution is -2.21. The van der Waals surface area contributed by atoms with E-state index in [-0.39, 0.29) is 0 Å². The maximum Gasteiger partial charge on any atom is 0.133 e. The molecule has 0 radical (unpaired) electrons. The van der Waals surface area contributed by atoms with Crippen LogP contribution in [0.5, 0.6) is 0 Å².